The van der Waals surface area contributed by atoms with Crippen LogP contribution in [0, 0.1) is 22.9 Å². The standard InChI is InChI=1S/C19H20F3N3/c1-19(2,3)18(12-4-6-13(20)7-5-12)24-11-25-10-23-16-8-14(21)15(22)9-17(16)25/h4-10,18,24H,11H2,1-3H3. The minimum absolute atomic E-state index is 0.0594. The molecule has 0 bridgehead atoms. The fourth-order valence-corrected chi connectivity index (χ4v) is 2.95. The molecule has 6 heteroatoms. The Bertz CT molecular complexity index is 879. The third kappa shape index (κ3) is 3.69. The predicted molar refractivity (Wildman–Crippen MR) is 91.4 cm³/mol. The lowest BCUT2D eigenvalue weighted by Crippen LogP contribution is -2.33. The highest BCUT2D eigenvalue weighted by Crippen LogP contribution is 2.33. The summed E-state index contributed by atoms with van der Waals surface area (Å²) in [4.78, 5) is 4.11. The molecule has 1 aromatic heterocycles. The van der Waals surface area contributed by atoms with Gasteiger partial charge in [0.2, 0.25) is 0 Å². The third-order valence-electron chi connectivity index (χ3n) is 4.20. The summed E-state index contributed by atoms with van der Waals surface area (Å²) in [5.74, 6) is -2.10. The summed E-state index contributed by atoms with van der Waals surface area (Å²) in [5, 5.41) is 3.41. The molecular weight excluding hydrogens is 327 g/mol. The smallest absolute Gasteiger partial charge is 0.161 e. The van der Waals surface area contributed by atoms with Crippen LogP contribution in [0.2, 0.25) is 0 Å². The van der Waals surface area contributed by atoms with Crippen LogP contribution in [0.25, 0.3) is 11.0 Å². The van der Waals surface area contributed by atoms with Crippen molar-refractivity contribution in [3.8, 4) is 0 Å². The topological polar surface area (TPSA) is 29.9 Å². The van der Waals surface area contributed by atoms with E-state index >= 15 is 0 Å². The number of benzene rings is 2. The van der Waals surface area contributed by atoms with Crippen molar-refractivity contribution in [2.75, 3.05) is 0 Å². The number of hydrogen-bond acceptors (Lipinski definition) is 2. The Balaban J connectivity index is 1.87. The van der Waals surface area contributed by atoms with Crippen LogP contribution in [0.1, 0.15) is 32.4 Å². The van der Waals surface area contributed by atoms with Crippen molar-refractivity contribution >= 4 is 11.0 Å². The van der Waals surface area contributed by atoms with Gasteiger partial charge in [-0.3, -0.25) is 5.32 Å². The third-order valence-corrected chi connectivity index (χ3v) is 4.20. The largest absolute Gasteiger partial charge is 0.317 e. The first-order valence-electron chi connectivity index (χ1n) is 8.04. The van der Waals surface area contributed by atoms with Crippen LogP contribution < -0.4 is 5.32 Å². The number of fused-ring (bicyclic) bond motifs is 1. The zero-order chi connectivity index (χ0) is 18.2. The first-order chi connectivity index (χ1) is 11.8. The lowest BCUT2D eigenvalue weighted by atomic mass is 9.82. The van der Waals surface area contributed by atoms with Crippen molar-refractivity contribution in [2.24, 2.45) is 5.41 Å². The summed E-state index contributed by atoms with van der Waals surface area (Å²) >= 11 is 0. The minimum Gasteiger partial charge on any atom is -0.317 e. The van der Waals surface area contributed by atoms with Gasteiger partial charge in [0.25, 0.3) is 0 Å². The summed E-state index contributed by atoms with van der Waals surface area (Å²) in [6, 6.07) is 8.53. The van der Waals surface area contributed by atoms with Crippen molar-refractivity contribution in [1.29, 1.82) is 0 Å². The Morgan fingerprint density at radius 1 is 1.04 bits per heavy atom. The second kappa shape index (κ2) is 6.52. The second-order valence-electron chi connectivity index (χ2n) is 7.18. The Morgan fingerprint density at radius 3 is 2.32 bits per heavy atom. The number of nitrogens with one attached hydrogen (secondary N) is 1. The molecule has 3 nitrogen and oxygen atoms in total. The molecule has 1 unspecified atom stereocenters. The minimum atomic E-state index is -0.912. The molecule has 0 fully saturated rings. The van der Waals surface area contributed by atoms with Gasteiger partial charge in [0, 0.05) is 18.2 Å². The van der Waals surface area contributed by atoms with E-state index < -0.39 is 11.6 Å². The fraction of sp³-hybridized carbons (Fsp3) is 0.316. The molecule has 1 heterocycles. The molecule has 0 aliphatic carbocycles. The SMILES string of the molecule is CC(C)(C)C(NCn1cnc2cc(F)c(F)cc21)c1ccc(F)cc1. The molecule has 0 aliphatic rings. The molecular formula is C19H20F3N3. The van der Waals surface area contributed by atoms with Gasteiger partial charge in [-0.1, -0.05) is 32.9 Å². The van der Waals surface area contributed by atoms with Gasteiger partial charge in [0.05, 0.1) is 24.0 Å². The zero-order valence-electron chi connectivity index (χ0n) is 14.4. The molecule has 132 valence electrons. The summed E-state index contributed by atoms with van der Waals surface area (Å²) in [6.45, 7) is 6.60. The summed E-state index contributed by atoms with van der Waals surface area (Å²) in [6.07, 6.45) is 1.54. The molecule has 3 rings (SSSR count). The van der Waals surface area contributed by atoms with E-state index in [9.17, 15) is 13.2 Å². The molecule has 0 aliphatic heterocycles. The molecule has 25 heavy (non-hydrogen) atoms. The van der Waals surface area contributed by atoms with E-state index in [2.05, 4.69) is 31.1 Å². The van der Waals surface area contributed by atoms with Crippen molar-refractivity contribution < 1.29 is 13.2 Å². The van der Waals surface area contributed by atoms with E-state index in [0.717, 1.165) is 17.7 Å². The maximum atomic E-state index is 13.5. The second-order valence-corrected chi connectivity index (χ2v) is 7.18. The van der Waals surface area contributed by atoms with Crippen LogP contribution in [0.3, 0.4) is 0 Å². The molecule has 0 spiro atoms. The molecule has 0 amide bonds. The number of rotatable bonds is 4. The summed E-state index contributed by atoms with van der Waals surface area (Å²) < 4.78 is 41.8. The van der Waals surface area contributed by atoms with Crippen molar-refractivity contribution in [1.82, 2.24) is 14.9 Å². The van der Waals surface area contributed by atoms with E-state index in [-0.39, 0.29) is 17.3 Å². The van der Waals surface area contributed by atoms with E-state index in [4.69, 9.17) is 0 Å². The van der Waals surface area contributed by atoms with E-state index in [0.29, 0.717) is 17.7 Å². The van der Waals surface area contributed by atoms with Gasteiger partial charge in [-0.15, -0.1) is 0 Å². The van der Waals surface area contributed by atoms with Gasteiger partial charge >= 0.3 is 0 Å². The first-order valence-corrected chi connectivity index (χ1v) is 8.04. The van der Waals surface area contributed by atoms with Gasteiger partial charge in [0.15, 0.2) is 11.6 Å². The van der Waals surface area contributed by atoms with Gasteiger partial charge in [0.1, 0.15) is 5.82 Å². The van der Waals surface area contributed by atoms with Crippen LogP contribution >= 0.6 is 0 Å². The maximum absolute atomic E-state index is 13.5. The van der Waals surface area contributed by atoms with Crippen LogP contribution in [0.15, 0.2) is 42.7 Å². The van der Waals surface area contributed by atoms with E-state index in [1.54, 1.807) is 23.0 Å². The fourth-order valence-electron chi connectivity index (χ4n) is 2.95. The maximum Gasteiger partial charge on any atom is 0.161 e. The Kier molecular flexibility index (Phi) is 4.56. The quantitative estimate of drug-likeness (QED) is 0.735. The highest BCUT2D eigenvalue weighted by Gasteiger charge is 2.26. The lowest BCUT2D eigenvalue weighted by Gasteiger charge is -2.32. The number of aromatic nitrogens is 2. The number of imidazole rings is 1. The van der Waals surface area contributed by atoms with E-state index in [1.807, 2.05) is 0 Å². The molecule has 1 atom stereocenters. The van der Waals surface area contributed by atoms with Crippen molar-refractivity contribution in [3.63, 3.8) is 0 Å². The molecule has 0 saturated heterocycles. The van der Waals surface area contributed by atoms with E-state index in [1.165, 1.54) is 12.1 Å². The molecule has 2 aromatic carbocycles. The lowest BCUT2D eigenvalue weighted by molar-refractivity contribution is 0.257. The Morgan fingerprint density at radius 2 is 1.68 bits per heavy atom. The molecule has 1 N–H and O–H groups in total. The highest BCUT2D eigenvalue weighted by molar-refractivity contribution is 5.75. The predicted octanol–water partition coefficient (Wildman–Crippen LogP) is 4.79. The summed E-state index contributed by atoms with van der Waals surface area (Å²) in [7, 11) is 0. The van der Waals surface area contributed by atoms with Gasteiger partial charge in [-0.2, -0.15) is 0 Å². The van der Waals surface area contributed by atoms with Gasteiger partial charge in [-0.05, 0) is 23.1 Å². The average Bonchev–Trinajstić information content (AvgIpc) is 2.91. The van der Waals surface area contributed by atoms with Crippen LogP contribution in [-0.2, 0) is 6.67 Å². The number of nitrogens with zero attached hydrogens (tertiary/aromatic N) is 2. The molecule has 3 aromatic rings. The summed E-state index contributed by atoms with van der Waals surface area (Å²) in [5.41, 5.74) is 1.73. The number of halogens is 3. The number of hydrogen-bond donors (Lipinski definition) is 1. The van der Waals surface area contributed by atoms with Crippen LogP contribution in [0.4, 0.5) is 13.2 Å². The van der Waals surface area contributed by atoms with Crippen LogP contribution in [-0.4, -0.2) is 9.55 Å². The molecule has 0 saturated carbocycles. The average molecular weight is 347 g/mol. The normalized spacial score (nSPS) is 13.4. The van der Waals surface area contributed by atoms with Crippen molar-refractivity contribution in [2.45, 2.75) is 33.5 Å². The molecule has 0 radical (unpaired) electrons. The van der Waals surface area contributed by atoms with Gasteiger partial charge in [-0.25, -0.2) is 18.2 Å². The Labute approximate surface area is 144 Å². The van der Waals surface area contributed by atoms with Crippen LogP contribution in [0.5, 0.6) is 0 Å². The zero-order valence-corrected chi connectivity index (χ0v) is 14.4. The monoisotopic (exact) mass is 347 g/mol. The van der Waals surface area contributed by atoms with Gasteiger partial charge < -0.3 is 4.57 Å². The Hall–Kier alpha value is -2.34. The van der Waals surface area contributed by atoms with Crippen molar-refractivity contribution in [3.05, 3.63) is 65.7 Å². The first kappa shape index (κ1) is 17.5. The highest BCUT2D eigenvalue weighted by atomic mass is 19.2.